The summed E-state index contributed by atoms with van der Waals surface area (Å²) in [7, 11) is 2.11. The molecule has 29 heavy (non-hydrogen) atoms. The average Bonchev–Trinajstić information content (AvgIpc) is 2.67. The van der Waals surface area contributed by atoms with E-state index in [2.05, 4.69) is 50.2 Å². The first-order valence-corrected chi connectivity index (χ1v) is 10.1. The van der Waals surface area contributed by atoms with E-state index in [1.54, 1.807) is 24.3 Å². The molecule has 1 aliphatic heterocycles. The van der Waals surface area contributed by atoms with Crippen LogP contribution in [-0.2, 0) is 4.79 Å². The number of nitrogens with one attached hydrogen (secondary N) is 1. The molecule has 3 rings (SSSR count). The number of hydrogen-bond donors (Lipinski definition) is 1. The van der Waals surface area contributed by atoms with Gasteiger partial charge in [0.25, 0.3) is 5.91 Å². The molecule has 0 saturated heterocycles. The summed E-state index contributed by atoms with van der Waals surface area (Å²) in [5.41, 5.74) is 4.81. The van der Waals surface area contributed by atoms with Gasteiger partial charge in [0.1, 0.15) is 11.6 Å². The Bertz CT molecular complexity index is 1030. The summed E-state index contributed by atoms with van der Waals surface area (Å²) in [6.07, 6.45) is 2.69. The topological polar surface area (TPSA) is 56.1 Å². The molecule has 4 nitrogen and oxygen atoms in total. The Morgan fingerprint density at radius 1 is 1.34 bits per heavy atom. The first-order valence-electron chi connectivity index (χ1n) is 9.70. The molecular formula is C24H26ClN3O. The van der Waals surface area contributed by atoms with Gasteiger partial charge < -0.3 is 10.2 Å². The summed E-state index contributed by atoms with van der Waals surface area (Å²) in [6.45, 7) is 8.55. The van der Waals surface area contributed by atoms with Gasteiger partial charge in [0.2, 0.25) is 0 Å². The maximum absolute atomic E-state index is 12.6. The van der Waals surface area contributed by atoms with Crippen molar-refractivity contribution < 1.29 is 4.79 Å². The van der Waals surface area contributed by atoms with Crippen molar-refractivity contribution in [2.75, 3.05) is 17.3 Å². The van der Waals surface area contributed by atoms with Crippen molar-refractivity contribution in [3.8, 4) is 6.07 Å². The number of halogens is 1. The standard InChI is InChI=1S/C24H26ClN3O/c1-15-13-24(3,4)28(5)22-10-9-17(12-19(15)22)11-18(14-26)23(29)27-21-8-6-7-20(25)16(21)2/h6-12,15H,13H2,1-5H3,(H,27,29)/b18-11+. The van der Waals surface area contributed by atoms with Crippen LogP contribution in [0.5, 0.6) is 0 Å². The van der Waals surface area contributed by atoms with Gasteiger partial charge in [0.15, 0.2) is 0 Å². The molecule has 5 heteroatoms. The van der Waals surface area contributed by atoms with Crippen molar-refractivity contribution >= 4 is 35.0 Å². The summed E-state index contributed by atoms with van der Waals surface area (Å²) in [4.78, 5) is 14.9. The second kappa shape index (κ2) is 7.93. The Kier molecular flexibility index (Phi) is 5.73. The number of amides is 1. The third-order valence-corrected chi connectivity index (χ3v) is 6.26. The molecule has 0 bridgehead atoms. The van der Waals surface area contributed by atoms with Crippen molar-refractivity contribution in [3.05, 3.63) is 63.7 Å². The van der Waals surface area contributed by atoms with E-state index in [1.807, 2.05) is 19.1 Å². The number of carbonyl (C=O) groups excluding carboxylic acids is 1. The summed E-state index contributed by atoms with van der Waals surface area (Å²) < 4.78 is 0. The fourth-order valence-corrected chi connectivity index (χ4v) is 4.11. The molecule has 1 N–H and O–H groups in total. The average molecular weight is 408 g/mol. The van der Waals surface area contributed by atoms with Gasteiger partial charge in [-0.05, 0) is 80.1 Å². The van der Waals surface area contributed by atoms with Crippen LogP contribution in [0, 0.1) is 18.3 Å². The van der Waals surface area contributed by atoms with Gasteiger partial charge in [0.05, 0.1) is 0 Å². The smallest absolute Gasteiger partial charge is 0.266 e. The Balaban J connectivity index is 1.90. The van der Waals surface area contributed by atoms with E-state index in [-0.39, 0.29) is 11.1 Å². The minimum Gasteiger partial charge on any atom is -0.369 e. The SMILES string of the molecule is Cc1c(Cl)cccc1NC(=O)/C(C#N)=C/c1ccc2c(c1)C(C)CC(C)(C)N2C. The highest BCUT2D eigenvalue weighted by atomic mass is 35.5. The maximum atomic E-state index is 12.6. The van der Waals surface area contributed by atoms with E-state index in [9.17, 15) is 10.1 Å². The molecule has 2 aromatic rings. The van der Waals surface area contributed by atoms with E-state index in [0.717, 1.165) is 17.5 Å². The van der Waals surface area contributed by atoms with Crippen molar-refractivity contribution in [1.29, 1.82) is 5.26 Å². The largest absolute Gasteiger partial charge is 0.369 e. The van der Waals surface area contributed by atoms with E-state index in [1.165, 1.54) is 11.3 Å². The van der Waals surface area contributed by atoms with Crippen LogP contribution >= 0.6 is 11.6 Å². The zero-order chi connectivity index (χ0) is 21.3. The summed E-state index contributed by atoms with van der Waals surface area (Å²) in [5, 5.41) is 12.9. The lowest BCUT2D eigenvalue weighted by Crippen LogP contribution is -2.45. The lowest BCUT2D eigenvalue weighted by Gasteiger charge is -2.45. The summed E-state index contributed by atoms with van der Waals surface area (Å²) >= 11 is 6.12. The highest BCUT2D eigenvalue weighted by molar-refractivity contribution is 6.31. The molecular weight excluding hydrogens is 382 g/mol. The van der Waals surface area contributed by atoms with Gasteiger partial charge in [0, 0.05) is 29.0 Å². The third-order valence-electron chi connectivity index (χ3n) is 5.85. The first-order chi connectivity index (χ1) is 13.6. The quantitative estimate of drug-likeness (QED) is 0.507. The van der Waals surface area contributed by atoms with Crippen LogP contribution in [0.4, 0.5) is 11.4 Å². The van der Waals surface area contributed by atoms with Crippen molar-refractivity contribution in [3.63, 3.8) is 0 Å². The van der Waals surface area contributed by atoms with Crippen molar-refractivity contribution in [1.82, 2.24) is 0 Å². The molecule has 2 aromatic carbocycles. The van der Waals surface area contributed by atoms with Crippen LogP contribution in [0.3, 0.4) is 0 Å². The minimum absolute atomic E-state index is 0.0569. The highest BCUT2D eigenvalue weighted by Gasteiger charge is 2.33. The fourth-order valence-electron chi connectivity index (χ4n) is 3.93. The van der Waals surface area contributed by atoms with Gasteiger partial charge in [-0.2, -0.15) is 5.26 Å². The number of anilines is 2. The van der Waals surface area contributed by atoms with E-state index >= 15 is 0 Å². The second-order valence-corrected chi connectivity index (χ2v) is 8.74. The van der Waals surface area contributed by atoms with Crippen molar-refractivity contribution in [2.24, 2.45) is 0 Å². The Morgan fingerprint density at radius 2 is 2.07 bits per heavy atom. The number of carbonyl (C=O) groups is 1. The number of nitriles is 1. The maximum Gasteiger partial charge on any atom is 0.266 e. The minimum atomic E-state index is -0.443. The number of benzene rings is 2. The van der Waals surface area contributed by atoms with E-state index < -0.39 is 5.91 Å². The van der Waals surface area contributed by atoms with Crippen LogP contribution in [-0.4, -0.2) is 18.5 Å². The number of fused-ring (bicyclic) bond motifs is 1. The number of nitrogens with zero attached hydrogens (tertiary/aromatic N) is 2. The van der Waals surface area contributed by atoms with Crippen LogP contribution in [0.1, 0.15) is 49.8 Å². The molecule has 150 valence electrons. The predicted octanol–water partition coefficient (Wildman–Crippen LogP) is 5.92. The van der Waals surface area contributed by atoms with Gasteiger partial charge in [-0.3, -0.25) is 4.79 Å². The lowest BCUT2D eigenvalue weighted by atomic mass is 9.80. The van der Waals surface area contributed by atoms with Crippen molar-refractivity contribution in [2.45, 2.75) is 45.6 Å². The van der Waals surface area contributed by atoms with Crippen LogP contribution in [0.2, 0.25) is 5.02 Å². The van der Waals surface area contributed by atoms with Crippen LogP contribution in [0.15, 0.2) is 42.0 Å². The molecule has 0 radical (unpaired) electrons. The third kappa shape index (κ3) is 4.16. The molecule has 0 spiro atoms. The van der Waals surface area contributed by atoms with Gasteiger partial charge in [-0.25, -0.2) is 0 Å². The van der Waals surface area contributed by atoms with Crippen LogP contribution < -0.4 is 10.2 Å². The van der Waals surface area contributed by atoms with E-state index in [0.29, 0.717) is 16.6 Å². The van der Waals surface area contributed by atoms with Gasteiger partial charge in [-0.1, -0.05) is 30.7 Å². The normalized spacial score (nSPS) is 18.0. The Labute approximate surface area is 177 Å². The molecule has 1 atom stereocenters. The van der Waals surface area contributed by atoms with Gasteiger partial charge >= 0.3 is 0 Å². The lowest BCUT2D eigenvalue weighted by molar-refractivity contribution is -0.112. The molecule has 0 aromatic heterocycles. The molecule has 0 saturated carbocycles. The molecule has 0 fully saturated rings. The molecule has 1 unspecified atom stereocenters. The fraction of sp³-hybridized carbons (Fsp3) is 0.333. The zero-order valence-corrected chi connectivity index (χ0v) is 18.3. The summed E-state index contributed by atoms with van der Waals surface area (Å²) in [6, 6.07) is 13.4. The first kappa shape index (κ1) is 21.0. The Morgan fingerprint density at radius 3 is 2.76 bits per heavy atom. The molecule has 1 amide bonds. The van der Waals surface area contributed by atoms with Crippen LogP contribution in [0.25, 0.3) is 6.08 Å². The molecule has 0 aliphatic carbocycles. The predicted molar refractivity (Wildman–Crippen MR) is 120 cm³/mol. The number of rotatable bonds is 3. The van der Waals surface area contributed by atoms with E-state index in [4.69, 9.17) is 11.6 Å². The molecule has 1 aliphatic rings. The summed E-state index contributed by atoms with van der Waals surface area (Å²) in [5.74, 6) is -0.0418. The highest BCUT2D eigenvalue weighted by Crippen LogP contribution is 2.42. The monoisotopic (exact) mass is 407 g/mol. The van der Waals surface area contributed by atoms with Gasteiger partial charge in [-0.15, -0.1) is 0 Å². The second-order valence-electron chi connectivity index (χ2n) is 8.33. The molecule has 1 heterocycles. The number of hydrogen-bond acceptors (Lipinski definition) is 3. The zero-order valence-electron chi connectivity index (χ0n) is 17.5. The Hall–Kier alpha value is -2.77.